The molecule has 118 valence electrons. The van der Waals surface area contributed by atoms with Gasteiger partial charge < -0.3 is 20.1 Å². The summed E-state index contributed by atoms with van der Waals surface area (Å²) >= 11 is 5.76. The predicted molar refractivity (Wildman–Crippen MR) is 86.1 cm³/mol. The Morgan fingerprint density at radius 2 is 1.39 bits per heavy atom. The minimum absolute atomic E-state index is 0.446. The largest absolute Gasteiger partial charge is 0.486 e. The van der Waals surface area contributed by atoms with Crippen LogP contribution in [0.25, 0.3) is 0 Å². The van der Waals surface area contributed by atoms with Gasteiger partial charge in [0.15, 0.2) is 11.5 Å². The highest BCUT2D eigenvalue weighted by Gasteiger charge is 2.16. The molecule has 23 heavy (non-hydrogen) atoms. The lowest BCUT2D eigenvalue weighted by atomic mass is 10.2. The lowest BCUT2D eigenvalue weighted by Crippen LogP contribution is -2.29. The number of halogens is 1. The summed E-state index contributed by atoms with van der Waals surface area (Å²) in [7, 11) is 0. The Morgan fingerprint density at radius 1 is 0.826 bits per heavy atom. The van der Waals surface area contributed by atoms with Crippen molar-refractivity contribution in [1.82, 2.24) is 0 Å². The SMILES string of the molecule is O=C(Nc1ccc(Cl)cc1)C(=O)Nc1ccc2c(c1)OCCO2. The maximum Gasteiger partial charge on any atom is 0.314 e. The summed E-state index contributed by atoms with van der Waals surface area (Å²) in [5, 5.41) is 5.54. The Hall–Kier alpha value is -2.73. The molecule has 0 aromatic heterocycles. The Labute approximate surface area is 137 Å². The summed E-state index contributed by atoms with van der Waals surface area (Å²) in [5.74, 6) is -0.411. The molecule has 0 atom stereocenters. The van der Waals surface area contributed by atoms with Crippen molar-refractivity contribution in [3.8, 4) is 11.5 Å². The summed E-state index contributed by atoms with van der Waals surface area (Å²) in [5.41, 5.74) is 0.933. The molecular weight excluding hydrogens is 320 g/mol. The van der Waals surface area contributed by atoms with Crippen LogP contribution in [-0.2, 0) is 9.59 Å². The van der Waals surface area contributed by atoms with E-state index in [1.165, 1.54) is 0 Å². The Kier molecular flexibility index (Phi) is 4.34. The summed E-state index contributed by atoms with van der Waals surface area (Å²) in [4.78, 5) is 23.8. The second-order valence-electron chi connectivity index (χ2n) is 4.77. The van der Waals surface area contributed by atoms with Gasteiger partial charge in [0.1, 0.15) is 13.2 Å². The van der Waals surface area contributed by atoms with Crippen LogP contribution >= 0.6 is 11.6 Å². The molecule has 0 bridgehead atoms. The highest BCUT2D eigenvalue weighted by Crippen LogP contribution is 2.32. The van der Waals surface area contributed by atoms with Gasteiger partial charge in [-0.05, 0) is 36.4 Å². The topological polar surface area (TPSA) is 76.7 Å². The lowest BCUT2D eigenvalue weighted by Gasteiger charge is -2.18. The normalized spacial score (nSPS) is 12.4. The number of fused-ring (bicyclic) bond motifs is 1. The van der Waals surface area contributed by atoms with E-state index in [4.69, 9.17) is 21.1 Å². The van der Waals surface area contributed by atoms with Crippen molar-refractivity contribution in [1.29, 1.82) is 0 Å². The number of carbonyl (C=O) groups excluding carboxylic acids is 2. The van der Waals surface area contributed by atoms with Crippen molar-refractivity contribution in [3.63, 3.8) is 0 Å². The van der Waals surface area contributed by atoms with Gasteiger partial charge in [0.2, 0.25) is 0 Å². The molecule has 0 radical (unpaired) electrons. The zero-order valence-corrected chi connectivity index (χ0v) is 12.7. The fourth-order valence-corrected chi connectivity index (χ4v) is 2.16. The summed E-state index contributed by atoms with van der Waals surface area (Å²) in [6.45, 7) is 0.934. The van der Waals surface area contributed by atoms with Crippen LogP contribution in [0, 0.1) is 0 Å². The molecule has 2 aromatic rings. The van der Waals surface area contributed by atoms with Gasteiger partial charge >= 0.3 is 11.8 Å². The van der Waals surface area contributed by atoms with E-state index in [1.54, 1.807) is 42.5 Å². The van der Waals surface area contributed by atoms with Crippen molar-refractivity contribution < 1.29 is 19.1 Å². The van der Waals surface area contributed by atoms with E-state index in [2.05, 4.69) is 10.6 Å². The van der Waals surface area contributed by atoms with Crippen LogP contribution in [0.2, 0.25) is 5.02 Å². The van der Waals surface area contributed by atoms with E-state index in [1.807, 2.05) is 0 Å². The average molecular weight is 333 g/mol. The molecule has 7 heteroatoms. The third kappa shape index (κ3) is 3.73. The fourth-order valence-electron chi connectivity index (χ4n) is 2.03. The number of carbonyl (C=O) groups is 2. The van der Waals surface area contributed by atoms with E-state index in [0.717, 1.165) is 0 Å². The second-order valence-corrected chi connectivity index (χ2v) is 5.21. The number of ether oxygens (including phenoxy) is 2. The smallest absolute Gasteiger partial charge is 0.314 e. The lowest BCUT2D eigenvalue weighted by molar-refractivity contribution is -0.133. The first-order chi connectivity index (χ1) is 11.1. The molecule has 3 rings (SSSR count). The Balaban J connectivity index is 1.64. The maximum absolute atomic E-state index is 11.9. The Morgan fingerprint density at radius 3 is 2.09 bits per heavy atom. The van der Waals surface area contributed by atoms with E-state index in [9.17, 15) is 9.59 Å². The van der Waals surface area contributed by atoms with Crippen LogP contribution in [0.4, 0.5) is 11.4 Å². The first kappa shape index (κ1) is 15.2. The van der Waals surface area contributed by atoms with Gasteiger partial charge in [-0.25, -0.2) is 0 Å². The van der Waals surface area contributed by atoms with Crippen molar-refractivity contribution in [2.24, 2.45) is 0 Å². The molecule has 0 saturated carbocycles. The predicted octanol–water partition coefficient (Wildman–Crippen LogP) is 2.69. The van der Waals surface area contributed by atoms with Gasteiger partial charge in [-0.2, -0.15) is 0 Å². The molecule has 1 aliphatic rings. The van der Waals surface area contributed by atoms with Gasteiger partial charge in [0.05, 0.1) is 0 Å². The highest BCUT2D eigenvalue weighted by atomic mass is 35.5. The van der Waals surface area contributed by atoms with E-state index < -0.39 is 11.8 Å². The van der Waals surface area contributed by atoms with Crippen LogP contribution in [0.1, 0.15) is 0 Å². The van der Waals surface area contributed by atoms with Crippen LogP contribution in [0.3, 0.4) is 0 Å². The number of benzene rings is 2. The maximum atomic E-state index is 11.9. The summed E-state index contributed by atoms with van der Waals surface area (Å²) < 4.78 is 10.8. The first-order valence-corrected chi connectivity index (χ1v) is 7.27. The van der Waals surface area contributed by atoms with Crippen molar-refractivity contribution in [2.75, 3.05) is 23.8 Å². The molecular formula is C16H13ClN2O4. The number of amides is 2. The van der Waals surface area contributed by atoms with Gasteiger partial charge in [-0.15, -0.1) is 0 Å². The van der Waals surface area contributed by atoms with E-state index >= 15 is 0 Å². The number of nitrogens with one attached hydrogen (secondary N) is 2. The van der Waals surface area contributed by atoms with Crippen molar-refractivity contribution in [3.05, 3.63) is 47.5 Å². The highest BCUT2D eigenvalue weighted by molar-refractivity contribution is 6.43. The number of hydrogen-bond donors (Lipinski definition) is 2. The van der Waals surface area contributed by atoms with Crippen molar-refractivity contribution >= 4 is 34.8 Å². The average Bonchev–Trinajstić information content (AvgIpc) is 2.56. The molecule has 1 heterocycles. The van der Waals surface area contributed by atoms with Crippen molar-refractivity contribution in [2.45, 2.75) is 0 Å². The molecule has 2 aromatic carbocycles. The minimum atomic E-state index is -0.781. The van der Waals surface area contributed by atoms with Gasteiger partial charge in [-0.1, -0.05) is 11.6 Å². The number of rotatable bonds is 2. The molecule has 0 spiro atoms. The fraction of sp³-hybridized carbons (Fsp3) is 0.125. The van der Waals surface area contributed by atoms with Crippen LogP contribution in [0.5, 0.6) is 11.5 Å². The molecule has 2 amide bonds. The minimum Gasteiger partial charge on any atom is -0.486 e. The van der Waals surface area contributed by atoms with Gasteiger partial charge in [-0.3, -0.25) is 9.59 Å². The monoisotopic (exact) mass is 332 g/mol. The zero-order valence-electron chi connectivity index (χ0n) is 12.0. The first-order valence-electron chi connectivity index (χ1n) is 6.89. The Bertz CT molecular complexity index is 746. The molecule has 6 nitrogen and oxygen atoms in total. The molecule has 0 unspecified atom stereocenters. The molecule has 1 aliphatic heterocycles. The number of hydrogen-bond acceptors (Lipinski definition) is 4. The number of anilines is 2. The van der Waals surface area contributed by atoms with Crippen LogP contribution < -0.4 is 20.1 Å². The van der Waals surface area contributed by atoms with Crippen LogP contribution in [-0.4, -0.2) is 25.0 Å². The van der Waals surface area contributed by atoms with E-state index in [-0.39, 0.29) is 0 Å². The van der Waals surface area contributed by atoms with Crippen LogP contribution in [0.15, 0.2) is 42.5 Å². The third-order valence-electron chi connectivity index (χ3n) is 3.11. The molecule has 0 aliphatic carbocycles. The zero-order chi connectivity index (χ0) is 16.2. The quantitative estimate of drug-likeness (QED) is 0.829. The summed E-state index contributed by atoms with van der Waals surface area (Å²) in [6, 6.07) is 11.4. The molecule has 2 N–H and O–H groups in total. The van der Waals surface area contributed by atoms with Gasteiger partial charge in [0, 0.05) is 22.5 Å². The molecule has 0 fully saturated rings. The van der Waals surface area contributed by atoms with E-state index in [0.29, 0.717) is 41.1 Å². The molecule has 0 saturated heterocycles. The van der Waals surface area contributed by atoms with Gasteiger partial charge in [0.25, 0.3) is 0 Å². The standard InChI is InChI=1S/C16H13ClN2O4/c17-10-1-3-11(4-2-10)18-15(20)16(21)19-12-5-6-13-14(9-12)23-8-7-22-13/h1-6,9H,7-8H2,(H,18,20)(H,19,21). The summed E-state index contributed by atoms with van der Waals surface area (Å²) in [6.07, 6.45) is 0. The second kappa shape index (κ2) is 6.58. The third-order valence-corrected chi connectivity index (χ3v) is 3.36.